The van der Waals surface area contributed by atoms with Crippen LogP contribution in [0.4, 0.5) is 0 Å². The number of aryl methyl sites for hydroxylation is 1. The van der Waals surface area contributed by atoms with Crippen LogP contribution in [-0.2, 0) is 4.74 Å². The highest BCUT2D eigenvalue weighted by Crippen LogP contribution is 2.49. The third-order valence-corrected chi connectivity index (χ3v) is 6.21. The van der Waals surface area contributed by atoms with E-state index in [1.54, 1.807) is 19.1 Å². The van der Waals surface area contributed by atoms with E-state index in [1.807, 2.05) is 0 Å². The molecule has 0 saturated carbocycles. The molecule has 28 heavy (non-hydrogen) atoms. The lowest BCUT2D eigenvalue weighted by Crippen LogP contribution is -2.82. The highest BCUT2D eigenvalue weighted by Gasteiger charge is 2.71. The number of hydrogen-bond acceptors (Lipinski definition) is 8. The Morgan fingerprint density at radius 1 is 1.07 bits per heavy atom. The number of rotatable bonds is 3. The van der Waals surface area contributed by atoms with Crippen molar-refractivity contribution in [3.8, 4) is 5.75 Å². The van der Waals surface area contributed by atoms with E-state index in [4.69, 9.17) is 13.9 Å². The van der Waals surface area contributed by atoms with Gasteiger partial charge in [0.05, 0.1) is 6.61 Å². The summed E-state index contributed by atoms with van der Waals surface area (Å²) in [5.74, 6) is -1.64. The van der Waals surface area contributed by atoms with Gasteiger partial charge in [-0.15, -0.1) is 0 Å². The van der Waals surface area contributed by atoms with Crippen LogP contribution in [-0.4, -0.2) is 55.7 Å². The third kappa shape index (κ3) is 2.75. The molecule has 3 rings (SSSR count). The van der Waals surface area contributed by atoms with Crippen molar-refractivity contribution in [1.29, 1.82) is 0 Å². The average molecular weight is 394 g/mol. The van der Waals surface area contributed by atoms with E-state index in [0.29, 0.717) is 5.58 Å². The fourth-order valence-electron chi connectivity index (χ4n) is 3.68. The second-order valence-electron chi connectivity index (χ2n) is 8.04. The predicted molar refractivity (Wildman–Crippen MR) is 100 cm³/mol. The van der Waals surface area contributed by atoms with Gasteiger partial charge >= 0.3 is 5.63 Å². The molecule has 154 valence electrons. The Bertz CT molecular complexity index is 958. The van der Waals surface area contributed by atoms with E-state index in [-0.39, 0.29) is 5.75 Å². The summed E-state index contributed by atoms with van der Waals surface area (Å²) in [6, 6.07) is 6.16. The molecular formula is C20H26O8. The zero-order valence-electron chi connectivity index (χ0n) is 16.5. The zero-order valence-corrected chi connectivity index (χ0v) is 16.5. The number of fused-ring (bicyclic) bond motifs is 1. The molecule has 0 amide bonds. The lowest BCUT2D eigenvalue weighted by Gasteiger charge is -2.61. The minimum absolute atomic E-state index is 0.207. The maximum absolute atomic E-state index is 11.6. The second-order valence-corrected chi connectivity index (χ2v) is 8.04. The van der Waals surface area contributed by atoms with E-state index in [1.165, 1.54) is 39.8 Å². The summed E-state index contributed by atoms with van der Waals surface area (Å²) in [6.45, 7) is 6.37. The van der Waals surface area contributed by atoms with Crippen LogP contribution in [0.15, 0.2) is 33.5 Å². The first-order valence-corrected chi connectivity index (χ1v) is 8.96. The molecule has 1 fully saturated rings. The number of hydrogen-bond donors (Lipinski definition) is 4. The molecule has 1 aliphatic heterocycles. The maximum atomic E-state index is 11.6. The minimum Gasteiger partial charge on any atom is -0.459 e. The van der Waals surface area contributed by atoms with Gasteiger partial charge in [0.25, 0.3) is 0 Å². The van der Waals surface area contributed by atoms with Gasteiger partial charge in [-0.05, 0) is 45.4 Å². The number of ether oxygens (including phenoxy) is 2. The summed E-state index contributed by atoms with van der Waals surface area (Å²) in [6.07, 6.45) is -1.23. The van der Waals surface area contributed by atoms with Crippen LogP contribution in [0.25, 0.3) is 11.0 Å². The molecule has 0 spiro atoms. The lowest BCUT2D eigenvalue weighted by molar-refractivity contribution is -0.415. The van der Waals surface area contributed by atoms with Gasteiger partial charge in [-0.25, -0.2) is 4.79 Å². The Labute approximate surface area is 161 Å². The van der Waals surface area contributed by atoms with Gasteiger partial charge in [0.15, 0.2) is 5.60 Å². The Morgan fingerprint density at radius 2 is 1.71 bits per heavy atom. The molecular weight excluding hydrogens is 368 g/mol. The smallest absolute Gasteiger partial charge is 0.336 e. The Hall–Kier alpha value is -1.97. The molecule has 8 heteroatoms. The van der Waals surface area contributed by atoms with Gasteiger partial charge in [-0.3, -0.25) is 0 Å². The molecule has 1 aliphatic rings. The molecule has 1 aromatic heterocycles. The molecule has 0 radical (unpaired) electrons. The van der Waals surface area contributed by atoms with Gasteiger partial charge in [0.2, 0.25) is 5.79 Å². The van der Waals surface area contributed by atoms with Crippen molar-refractivity contribution >= 4 is 11.0 Å². The van der Waals surface area contributed by atoms with Crippen molar-refractivity contribution in [3.05, 3.63) is 40.2 Å². The van der Waals surface area contributed by atoms with Gasteiger partial charge in [0.1, 0.15) is 28.6 Å². The standard InChI is InChI=1S/C20H26O8/c1-11-8-16(22)26-14-9-12(6-7-13(11)14)27-20(5)19(4,25)18(3,24)17(2,23)15(10-21)28-20/h6-9,15,21,23-25H,10H2,1-5H3/t15-,17+,18-,19-,20-/m1/s1. The largest absolute Gasteiger partial charge is 0.459 e. The van der Waals surface area contributed by atoms with Crippen LogP contribution in [0.2, 0.25) is 0 Å². The van der Waals surface area contributed by atoms with Crippen LogP contribution >= 0.6 is 0 Å². The van der Waals surface area contributed by atoms with Crippen LogP contribution in [0.1, 0.15) is 33.3 Å². The normalized spacial score (nSPS) is 38.5. The van der Waals surface area contributed by atoms with Crippen LogP contribution in [0.5, 0.6) is 5.75 Å². The van der Waals surface area contributed by atoms with E-state index < -0.39 is 40.9 Å². The lowest BCUT2D eigenvalue weighted by atomic mass is 9.65. The zero-order chi connectivity index (χ0) is 21.1. The van der Waals surface area contributed by atoms with Crippen molar-refractivity contribution in [2.45, 2.75) is 63.3 Å². The van der Waals surface area contributed by atoms with Crippen molar-refractivity contribution in [3.63, 3.8) is 0 Å². The first kappa shape index (κ1) is 20.8. The van der Waals surface area contributed by atoms with E-state index in [0.717, 1.165) is 10.9 Å². The van der Waals surface area contributed by atoms with E-state index in [9.17, 15) is 25.2 Å². The minimum atomic E-state index is -2.10. The average Bonchev–Trinajstić information content (AvgIpc) is 2.57. The summed E-state index contributed by atoms with van der Waals surface area (Å²) in [5, 5.41) is 43.1. The maximum Gasteiger partial charge on any atom is 0.336 e. The summed E-state index contributed by atoms with van der Waals surface area (Å²) in [7, 11) is 0. The topological polar surface area (TPSA) is 130 Å². The predicted octanol–water partition coefficient (Wildman–Crippen LogP) is 0.841. The quantitative estimate of drug-likeness (QED) is 0.564. The molecule has 0 unspecified atom stereocenters. The molecule has 2 aromatic rings. The summed E-state index contributed by atoms with van der Waals surface area (Å²) in [4.78, 5) is 11.6. The monoisotopic (exact) mass is 394 g/mol. The summed E-state index contributed by atoms with van der Waals surface area (Å²) in [5.41, 5.74) is -5.61. The molecule has 2 heterocycles. The highest BCUT2D eigenvalue weighted by molar-refractivity contribution is 5.81. The molecule has 8 nitrogen and oxygen atoms in total. The van der Waals surface area contributed by atoms with Crippen molar-refractivity contribution in [2.75, 3.05) is 6.61 Å². The summed E-state index contributed by atoms with van der Waals surface area (Å²) >= 11 is 0. The van der Waals surface area contributed by atoms with Gasteiger partial charge in [0, 0.05) is 24.4 Å². The Balaban J connectivity index is 2.07. The summed E-state index contributed by atoms with van der Waals surface area (Å²) < 4.78 is 16.8. The third-order valence-electron chi connectivity index (χ3n) is 6.21. The molecule has 0 aliphatic carbocycles. The van der Waals surface area contributed by atoms with Gasteiger partial charge in [-0.2, -0.15) is 0 Å². The number of benzene rings is 1. The van der Waals surface area contributed by atoms with Crippen LogP contribution in [0, 0.1) is 6.92 Å². The van der Waals surface area contributed by atoms with Gasteiger partial charge in [-0.1, -0.05) is 0 Å². The van der Waals surface area contributed by atoms with Crippen molar-refractivity contribution in [2.24, 2.45) is 0 Å². The van der Waals surface area contributed by atoms with Crippen LogP contribution in [0.3, 0.4) is 0 Å². The van der Waals surface area contributed by atoms with E-state index >= 15 is 0 Å². The molecule has 5 atom stereocenters. The van der Waals surface area contributed by atoms with Crippen molar-refractivity contribution in [1.82, 2.24) is 0 Å². The fraction of sp³-hybridized carbons (Fsp3) is 0.550. The first-order chi connectivity index (χ1) is 12.8. The number of aliphatic hydroxyl groups excluding tert-OH is 1. The number of aliphatic hydroxyl groups is 4. The molecule has 4 N–H and O–H groups in total. The SMILES string of the molecule is Cc1cc(=O)oc2cc(O[C@]3(C)O[C@H](CO)[C@](C)(O)[C@@](C)(O)[C@@]3(C)O)ccc12. The van der Waals surface area contributed by atoms with Gasteiger partial charge < -0.3 is 34.3 Å². The van der Waals surface area contributed by atoms with Crippen LogP contribution < -0.4 is 10.4 Å². The Kier molecular flexibility index (Phi) is 4.64. The highest BCUT2D eigenvalue weighted by atomic mass is 16.7. The van der Waals surface area contributed by atoms with E-state index in [2.05, 4.69) is 0 Å². The molecule has 1 aromatic carbocycles. The first-order valence-electron chi connectivity index (χ1n) is 8.96. The Morgan fingerprint density at radius 3 is 2.32 bits per heavy atom. The fourth-order valence-corrected chi connectivity index (χ4v) is 3.68. The second kappa shape index (κ2) is 6.27. The molecule has 0 bridgehead atoms. The molecule has 1 saturated heterocycles. The van der Waals surface area contributed by atoms with Crippen molar-refractivity contribution < 1.29 is 34.3 Å².